The fourth-order valence-corrected chi connectivity index (χ4v) is 4.37. The highest BCUT2D eigenvalue weighted by Crippen LogP contribution is 2.19. The van der Waals surface area contributed by atoms with Crippen LogP contribution >= 0.6 is 0 Å². The lowest BCUT2D eigenvalue weighted by Gasteiger charge is -2.28. The van der Waals surface area contributed by atoms with Gasteiger partial charge in [0.1, 0.15) is 17.5 Å². The van der Waals surface area contributed by atoms with Crippen molar-refractivity contribution in [1.29, 1.82) is 0 Å². The van der Waals surface area contributed by atoms with Crippen LogP contribution in [-0.4, -0.2) is 48.0 Å². The molecule has 4 rings (SSSR count). The molecule has 2 aromatic carbocycles. The molecule has 1 saturated heterocycles. The number of piperidine rings is 1. The average molecular weight is 550 g/mol. The number of hydrogen-bond acceptors (Lipinski definition) is 7. The Balaban J connectivity index is 0.000000225. The molecule has 2 heterocycles. The Hall–Kier alpha value is -3.98. The first-order valence-electron chi connectivity index (χ1n) is 13.8. The van der Waals surface area contributed by atoms with Gasteiger partial charge in [0, 0.05) is 24.6 Å². The van der Waals surface area contributed by atoms with Crippen LogP contribution in [0.25, 0.3) is 0 Å². The number of aromatic nitrogens is 1. The predicted octanol–water partition coefficient (Wildman–Crippen LogP) is 6.28. The maximum Gasteiger partial charge on any atom is 0.411 e. The Morgan fingerprint density at radius 1 is 1.02 bits per heavy atom. The van der Waals surface area contributed by atoms with Gasteiger partial charge in [-0.15, -0.1) is 0 Å². The number of anilines is 3. The van der Waals surface area contributed by atoms with E-state index in [1.165, 1.54) is 37.0 Å². The largest absolute Gasteiger partial charge is 0.450 e. The zero-order chi connectivity index (χ0) is 28.9. The highest BCUT2D eigenvalue weighted by Gasteiger charge is 2.19. The van der Waals surface area contributed by atoms with E-state index in [4.69, 9.17) is 10.5 Å². The molecule has 0 saturated carbocycles. The second-order valence-electron chi connectivity index (χ2n) is 9.95. The third-order valence-corrected chi connectivity index (χ3v) is 6.59. The molecule has 1 atom stereocenters. The molecule has 1 fully saturated rings. The van der Waals surface area contributed by atoms with Gasteiger partial charge >= 0.3 is 6.09 Å². The molecule has 1 aliphatic rings. The molecule has 40 heavy (non-hydrogen) atoms. The summed E-state index contributed by atoms with van der Waals surface area (Å²) in [7, 11) is 0. The minimum absolute atomic E-state index is 0.103. The van der Waals surface area contributed by atoms with Crippen molar-refractivity contribution in [3.8, 4) is 0 Å². The minimum atomic E-state index is -0.581. The van der Waals surface area contributed by atoms with Crippen LogP contribution in [0.5, 0.6) is 0 Å². The number of aryl methyl sites for hydroxylation is 1. The van der Waals surface area contributed by atoms with Crippen molar-refractivity contribution in [2.75, 3.05) is 42.6 Å². The second kappa shape index (κ2) is 15.6. The topological polar surface area (TPSA) is 110 Å². The van der Waals surface area contributed by atoms with Crippen molar-refractivity contribution in [3.63, 3.8) is 0 Å². The summed E-state index contributed by atoms with van der Waals surface area (Å²) in [5.41, 5.74) is 9.13. The Morgan fingerprint density at radius 2 is 1.70 bits per heavy atom. The Labute approximate surface area is 236 Å². The van der Waals surface area contributed by atoms with Crippen LogP contribution in [0.3, 0.4) is 0 Å². The third kappa shape index (κ3) is 9.96. The summed E-state index contributed by atoms with van der Waals surface area (Å²) in [6, 6.07) is 17.4. The van der Waals surface area contributed by atoms with Gasteiger partial charge in [-0.05, 0) is 69.6 Å². The van der Waals surface area contributed by atoms with Crippen LogP contribution in [0, 0.1) is 18.7 Å². The summed E-state index contributed by atoms with van der Waals surface area (Å²) in [6.45, 7) is 9.80. The highest BCUT2D eigenvalue weighted by molar-refractivity contribution is 5.97. The zero-order valence-corrected chi connectivity index (χ0v) is 23.6. The number of nitrogen functional groups attached to an aromatic ring is 1. The summed E-state index contributed by atoms with van der Waals surface area (Å²) in [5, 5.41) is 5.57. The number of hydrogen-bond donors (Lipinski definition) is 3. The highest BCUT2D eigenvalue weighted by atomic mass is 19.1. The standard InChI is InChI=1S/C16H23NO.C15H17FN4O2/c1-13-6-8-15(9-7-13)16(18)14(2)12-17-10-4-3-5-11-17;1-2-22-15(21)19-12-7-8-13(20-14(12)17)18-9-10-3-5-11(16)6-4-10/h6-9,14H,3-5,10-12H2,1-2H3;3-8H,2,9H2,1H3,(H,19,21)(H3,17,18,20). The number of amides is 1. The fraction of sp³-hybridized carbons (Fsp3) is 0.387. The van der Waals surface area contributed by atoms with Crippen LogP contribution < -0.4 is 16.4 Å². The number of ether oxygens (including phenoxy) is 1. The van der Waals surface area contributed by atoms with Crippen molar-refractivity contribution in [2.45, 2.75) is 46.6 Å². The fourth-order valence-electron chi connectivity index (χ4n) is 4.37. The summed E-state index contributed by atoms with van der Waals surface area (Å²) in [4.78, 5) is 30.2. The molecule has 1 unspecified atom stereocenters. The van der Waals surface area contributed by atoms with E-state index in [1.54, 1.807) is 31.2 Å². The van der Waals surface area contributed by atoms with Crippen LogP contribution in [0.4, 0.5) is 26.5 Å². The Bertz CT molecular complexity index is 1230. The maximum atomic E-state index is 12.8. The van der Waals surface area contributed by atoms with Crippen molar-refractivity contribution in [1.82, 2.24) is 9.88 Å². The zero-order valence-electron chi connectivity index (χ0n) is 23.6. The number of rotatable bonds is 9. The van der Waals surface area contributed by atoms with Gasteiger partial charge in [-0.3, -0.25) is 10.1 Å². The van der Waals surface area contributed by atoms with Crippen molar-refractivity contribution < 1.29 is 18.7 Å². The van der Waals surface area contributed by atoms with Gasteiger partial charge < -0.3 is 20.7 Å². The van der Waals surface area contributed by atoms with E-state index in [9.17, 15) is 14.0 Å². The molecule has 1 amide bonds. The van der Waals surface area contributed by atoms with E-state index in [0.29, 0.717) is 18.1 Å². The smallest absolute Gasteiger partial charge is 0.411 e. The van der Waals surface area contributed by atoms with Crippen molar-refractivity contribution >= 4 is 29.2 Å². The number of nitrogens with one attached hydrogen (secondary N) is 2. The molecule has 214 valence electrons. The Morgan fingerprint density at radius 3 is 2.33 bits per heavy atom. The summed E-state index contributed by atoms with van der Waals surface area (Å²) >= 11 is 0. The normalized spacial score (nSPS) is 13.9. The van der Waals surface area contributed by atoms with Crippen molar-refractivity contribution in [2.24, 2.45) is 5.92 Å². The summed E-state index contributed by atoms with van der Waals surface area (Å²) in [6.07, 6.45) is 3.33. The molecule has 3 aromatic rings. The molecule has 1 aliphatic heterocycles. The molecule has 4 N–H and O–H groups in total. The first-order chi connectivity index (χ1) is 19.2. The molecule has 1 aromatic heterocycles. The van der Waals surface area contributed by atoms with Gasteiger partial charge in [0.2, 0.25) is 0 Å². The van der Waals surface area contributed by atoms with E-state index in [1.807, 2.05) is 31.2 Å². The number of ketones is 1. The molecule has 0 bridgehead atoms. The summed E-state index contributed by atoms with van der Waals surface area (Å²) in [5.74, 6) is 0.834. The van der Waals surface area contributed by atoms with Crippen molar-refractivity contribution in [3.05, 3.63) is 83.2 Å². The lowest BCUT2D eigenvalue weighted by Crippen LogP contribution is -2.35. The number of carbonyl (C=O) groups excluding carboxylic acids is 2. The van der Waals surface area contributed by atoms with Gasteiger partial charge in [-0.2, -0.15) is 0 Å². The van der Waals surface area contributed by atoms with Gasteiger partial charge in [0.25, 0.3) is 0 Å². The van der Waals surface area contributed by atoms with E-state index >= 15 is 0 Å². The first kappa shape index (κ1) is 30.6. The quantitative estimate of drug-likeness (QED) is 0.269. The lowest BCUT2D eigenvalue weighted by atomic mass is 9.97. The second-order valence-corrected chi connectivity index (χ2v) is 9.95. The Kier molecular flexibility index (Phi) is 11.9. The van der Waals surface area contributed by atoms with Crippen LogP contribution in [0.1, 0.15) is 54.6 Å². The van der Waals surface area contributed by atoms with Crippen LogP contribution in [-0.2, 0) is 11.3 Å². The average Bonchev–Trinajstić information content (AvgIpc) is 2.95. The molecular weight excluding hydrogens is 509 g/mol. The molecule has 0 aliphatic carbocycles. The van der Waals surface area contributed by atoms with Gasteiger partial charge in [-0.25, -0.2) is 14.2 Å². The molecule has 0 radical (unpaired) electrons. The van der Waals surface area contributed by atoms with E-state index in [-0.39, 0.29) is 29.9 Å². The van der Waals surface area contributed by atoms with E-state index < -0.39 is 6.09 Å². The van der Waals surface area contributed by atoms with E-state index in [2.05, 4.69) is 27.4 Å². The number of nitrogens with zero attached hydrogens (tertiary/aromatic N) is 2. The number of pyridine rings is 1. The number of halogens is 1. The first-order valence-corrected chi connectivity index (χ1v) is 13.8. The number of nitrogens with two attached hydrogens (primary N) is 1. The van der Waals surface area contributed by atoms with Gasteiger partial charge in [0.05, 0.1) is 12.3 Å². The number of carbonyl (C=O) groups is 2. The predicted molar refractivity (Wildman–Crippen MR) is 158 cm³/mol. The maximum absolute atomic E-state index is 12.8. The molecular formula is C31H40FN5O3. The minimum Gasteiger partial charge on any atom is -0.450 e. The molecule has 0 spiro atoms. The lowest BCUT2D eigenvalue weighted by molar-refractivity contribution is 0.0883. The third-order valence-electron chi connectivity index (χ3n) is 6.59. The van der Waals surface area contributed by atoms with Crippen LogP contribution in [0.2, 0.25) is 0 Å². The monoisotopic (exact) mass is 549 g/mol. The van der Waals surface area contributed by atoms with Gasteiger partial charge in [0.15, 0.2) is 5.78 Å². The number of benzene rings is 2. The summed E-state index contributed by atoms with van der Waals surface area (Å²) < 4.78 is 17.6. The number of Topliss-reactive ketones (excluding diaryl/α,β-unsaturated/α-hetero) is 1. The molecule has 9 heteroatoms. The van der Waals surface area contributed by atoms with Gasteiger partial charge in [-0.1, -0.05) is 55.3 Å². The number of likely N-dealkylation sites (tertiary alicyclic amines) is 1. The van der Waals surface area contributed by atoms with Crippen LogP contribution in [0.15, 0.2) is 60.7 Å². The molecule has 8 nitrogen and oxygen atoms in total. The SMILES string of the molecule is CCOC(=O)Nc1ccc(NCc2ccc(F)cc2)nc1N.Cc1ccc(C(=O)C(C)CN2CCCCC2)cc1. The van der Waals surface area contributed by atoms with E-state index in [0.717, 1.165) is 30.8 Å².